The molecule has 0 bridgehead atoms. The summed E-state index contributed by atoms with van der Waals surface area (Å²) in [6.45, 7) is 1.87. The zero-order valence-electron chi connectivity index (χ0n) is 30.1. The van der Waals surface area contributed by atoms with Crippen LogP contribution in [0.3, 0.4) is 0 Å². The summed E-state index contributed by atoms with van der Waals surface area (Å²) in [5, 5.41) is 20.0. The minimum atomic E-state index is -0.946. The number of hydrogen-bond acceptors (Lipinski definition) is 7. The number of carbonyl (C=O) groups excluding carboxylic acids is 5. The van der Waals surface area contributed by atoms with Gasteiger partial charge in [0.1, 0.15) is 29.9 Å². The highest BCUT2D eigenvalue weighted by molar-refractivity contribution is 5.91. The van der Waals surface area contributed by atoms with Gasteiger partial charge in [-0.15, -0.1) is 0 Å². The lowest BCUT2D eigenvalue weighted by Crippen LogP contribution is -2.51. The predicted octanol–water partition coefficient (Wildman–Crippen LogP) is 3.73. The van der Waals surface area contributed by atoms with Gasteiger partial charge in [0.2, 0.25) is 23.6 Å². The van der Waals surface area contributed by atoms with Gasteiger partial charge in [-0.05, 0) is 90.8 Å². The molecule has 0 unspecified atom stereocenters. The van der Waals surface area contributed by atoms with Crippen molar-refractivity contribution in [2.45, 2.75) is 76.0 Å². The van der Waals surface area contributed by atoms with Gasteiger partial charge in [-0.1, -0.05) is 66.7 Å². The zero-order valence-corrected chi connectivity index (χ0v) is 30.1. The van der Waals surface area contributed by atoms with Crippen LogP contribution in [0.25, 0.3) is 10.8 Å². The van der Waals surface area contributed by atoms with Crippen LogP contribution in [0.2, 0.25) is 0 Å². The van der Waals surface area contributed by atoms with E-state index in [1.54, 1.807) is 31.2 Å². The summed E-state index contributed by atoms with van der Waals surface area (Å²) < 4.78 is 13.3. The van der Waals surface area contributed by atoms with Crippen molar-refractivity contribution >= 4 is 40.7 Å². The molecule has 53 heavy (non-hydrogen) atoms. The quantitative estimate of drug-likeness (QED) is 0.0725. The smallest absolute Gasteiger partial charge is 0.243 e. The molecule has 0 fully saturated rings. The molecule has 4 aromatic rings. The predicted molar refractivity (Wildman–Crippen MR) is 201 cm³/mol. The molecule has 0 aliphatic heterocycles. The first-order chi connectivity index (χ1) is 25.4. The maximum absolute atomic E-state index is 13.5. The fraction of sp³-hybridized carbons (Fsp3) is 0.341. The lowest BCUT2D eigenvalue weighted by Gasteiger charge is -2.29. The molecule has 12 heteroatoms. The molecular weight excluding hydrogens is 677 g/mol. The first-order valence-electron chi connectivity index (χ1n) is 17.8. The normalized spacial score (nSPS) is 13.3. The number of rotatable bonds is 19. The number of unbranched alkanes of at least 4 members (excludes halogenated alkanes) is 1. The second-order valence-electron chi connectivity index (χ2n) is 13.2. The van der Waals surface area contributed by atoms with Gasteiger partial charge < -0.3 is 36.5 Å². The number of amides is 4. The molecule has 0 saturated carbocycles. The number of aldehydes is 1. The van der Waals surface area contributed by atoms with Crippen molar-refractivity contribution in [2.75, 3.05) is 13.6 Å². The minimum Gasteiger partial charge on any atom is -0.508 e. The molecule has 0 saturated heterocycles. The molecule has 11 nitrogen and oxygen atoms in total. The van der Waals surface area contributed by atoms with E-state index in [0.717, 1.165) is 21.9 Å². The van der Waals surface area contributed by atoms with E-state index in [9.17, 15) is 33.5 Å². The van der Waals surface area contributed by atoms with Crippen molar-refractivity contribution in [3.05, 3.63) is 114 Å². The van der Waals surface area contributed by atoms with E-state index in [4.69, 9.17) is 5.73 Å². The highest BCUT2D eigenvalue weighted by atomic mass is 19.1. The second kappa shape index (κ2) is 19.8. The van der Waals surface area contributed by atoms with Crippen molar-refractivity contribution in [3.8, 4) is 5.75 Å². The van der Waals surface area contributed by atoms with Crippen molar-refractivity contribution in [1.29, 1.82) is 0 Å². The van der Waals surface area contributed by atoms with Crippen LogP contribution in [-0.4, -0.2) is 77.7 Å². The van der Waals surface area contributed by atoms with Crippen LogP contribution >= 0.6 is 0 Å². The summed E-state index contributed by atoms with van der Waals surface area (Å²) in [7, 11) is 1.53. The summed E-state index contributed by atoms with van der Waals surface area (Å²) in [4.78, 5) is 65.5. The van der Waals surface area contributed by atoms with Crippen LogP contribution in [0.4, 0.5) is 4.39 Å². The zero-order chi connectivity index (χ0) is 38.3. The van der Waals surface area contributed by atoms with Gasteiger partial charge in [-0.3, -0.25) is 19.2 Å². The number of nitrogens with zero attached hydrogens (tertiary/aromatic N) is 1. The molecule has 0 aliphatic rings. The third-order valence-corrected chi connectivity index (χ3v) is 9.21. The molecule has 4 rings (SSSR count). The summed E-state index contributed by atoms with van der Waals surface area (Å²) in [5.41, 5.74) is 8.62. The number of carbonyl (C=O) groups is 5. The Bertz CT molecular complexity index is 1850. The van der Waals surface area contributed by atoms with Crippen molar-refractivity contribution in [3.63, 3.8) is 0 Å². The van der Waals surface area contributed by atoms with Crippen molar-refractivity contribution < 1.29 is 33.5 Å². The van der Waals surface area contributed by atoms with E-state index in [1.807, 2.05) is 42.5 Å². The van der Waals surface area contributed by atoms with E-state index in [1.165, 1.54) is 36.2 Å². The molecule has 0 spiro atoms. The first kappa shape index (κ1) is 40.2. The number of likely N-dealkylation sites (N-methyl/N-ethyl adjacent to an activating group) is 1. The maximum Gasteiger partial charge on any atom is 0.243 e. The van der Waals surface area contributed by atoms with E-state index in [0.29, 0.717) is 44.0 Å². The number of aromatic hydroxyl groups is 1. The molecule has 0 aromatic heterocycles. The number of phenols is 1. The van der Waals surface area contributed by atoms with E-state index < -0.39 is 36.0 Å². The van der Waals surface area contributed by atoms with Crippen molar-refractivity contribution in [1.82, 2.24) is 20.9 Å². The minimum absolute atomic E-state index is 0.0619. The Hall–Kier alpha value is -5.62. The topological polar surface area (TPSA) is 171 Å². The summed E-state index contributed by atoms with van der Waals surface area (Å²) in [6.07, 6.45) is 2.85. The number of phenolic OH excluding ortho intramolecular Hbond substituents is 1. The van der Waals surface area contributed by atoms with Gasteiger partial charge in [0, 0.05) is 26.4 Å². The Morgan fingerprint density at radius 1 is 0.830 bits per heavy atom. The molecule has 4 aromatic carbocycles. The summed E-state index contributed by atoms with van der Waals surface area (Å²) in [5.74, 6) is -1.93. The highest BCUT2D eigenvalue weighted by Crippen LogP contribution is 2.20. The standard InChI is InChI=1S/C41H48FN5O6/c1-27(45-40(52)36(43)25-31-10-7-9-30-8-3-4-12-35(30)31)39(51)44-23-6-5-11-33(26-48)46-41(53)37(24-29-15-20-34(49)21-16-29)47(2)38(50)22-17-28-13-18-32(42)19-14-28/h3-4,7-10,12-16,18-21,26-27,33,36-37,49H,5-6,11,17,22-25,43H2,1-2H3,(H,44,51)(H,45,52)(H,46,53)/t27-,33+,36-,37-/m0/s1. The number of aryl methyl sites for hydroxylation is 1. The Kier molecular flexibility index (Phi) is 15.0. The van der Waals surface area contributed by atoms with Crippen LogP contribution < -0.4 is 21.7 Å². The Balaban J connectivity index is 1.23. The van der Waals surface area contributed by atoms with Crippen LogP contribution in [0.1, 0.15) is 49.3 Å². The van der Waals surface area contributed by atoms with Crippen LogP contribution in [0, 0.1) is 5.82 Å². The SMILES string of the molecule is C[C@H](NC(=O)[C@@H](N)Cc1cccc2ccccc12)C(=O)NCCCC[C@H](C=O)NC(=O)[C@H](Cc1ccc(O)cc1)N(C)C(=O)CCc1ccc(F)cc1. The average Bonchev–Trinajstić information content (AvgIpc) is 3.16. The van der Waals surface area contributed by atoms with Gasteiger partial charge in [-0.25, -0.2) is 4.39 Å². The third-order valence-electron chi connectivity index (χ3n) is 9.21. The molecule has 4 atom stereocenters. The number of fused-ring (bicyclic) bond motifs is 1. The molecule has 4 amide bonds. The van der Waals surface area contributed by atoms with Crippen molar-refractivity contribution in [2.24, 2.45) is 5.73 Å². The monoisotopic (exact) mass is 725 g/mol. The van der Waals surface area contributed by atoms with Gasteiger partial charge in [0.05, 0.1) is 12.1 Å². The lowest BCUT2D eigenvalue weighted by molar-refractivity contribution is -0.139. The van der Waals surface area contributed by atoms with E-state index in [-0.39, 0.29) is 42.8 Å². The second-order valence-corrected chi connectivity index (χ2v) is 13.2. The van der Waals surface area contributed by atoms with Gasteiger partial charge in [0.25, 0.3) is 0 Å². The fourth-order valence-corrected chi connectivity index (χ4v) is 6.01. The molecule has 6 N–H and O–H groups in total. The van der Waals surface area contributed by atoms with E-state index in [2.05, 4.69) is 16.0 Å². The van der Waals surface area contributed by atoms with Crippen LogP contribution in [-0.2, 0) is 43.2 Å². The Labute approximate surface area is 309 Å². The number of halogens is 1. The van der Waals surface area contributed by atoms with Crippen LogP contribution in [0.15, 0.2) is 91.0 Å². The lowest BCUT2D eigenvalue weighted by atomic mass is 9.98. The fourth-order valence-electron chi connectivity index (χ4n) is 6.01. The van der Waals surface area contributed by atoms with Gasteiger partial charge in [0.15, 0.2) is 0 Å². The largest absolute Gasteiger partial charge is 0.508 e. The Morgan fingerprint density at radius 2 is 1.51 bits per heavy atom. The Morgan fingerprint density at radius 3 is 2.23 bits per heavy atom. The first-order valence-corrected chi connectivity index (χ1v) is 17.8. The number of benzene rings is 4. The average molecular weight is 726 g/mol. The van der Waals surface area contributed by atoms with Gasteiger partial charge in [-0.2, -0.15) is 0 Å². The number of hydrogen-bond donors (Lipinski definition) is 5. The molecule has 0 heterocycles. The van der Waals surface area contributed by atoms with E-state index >= 15 is 0 Å². The number of nitrogens with two attached hydrogens (primary N) is 1. The van der Waals surface area contributed by atoms with Gasteiger partial charge >= 0.3 is 0 Å². The molecule has 280 valence electrons. The number of nitrogens with one attached hydrogen (secondary N) is 3. The molecule has 0 radical (unpaired) electrons. The third kappa shape index (κ3) is 12.2. The van der Waals surface area contributed by atoms with Crippen LogP contribution in [0.5, 0.6) is 5.75 Å². The highest BCUT2D eigenvalue weighted by Gasteiger charge is 2.29. The maximum atomic E-state index is 13.5. The molecular formula is C41H48FN5O6. The molecule has 0 aliphatic carbocycles. The summed E-state index contributed by atoms with van der Waals surface area (Å²) >= 11 is 0. The summed E-state index contributed by atoms with van der Waals surface area (Å²) in [6, 6.07) is 22.4.